The van der Waals surface area contributed by atoms with Crippen LogP contribution < -0.4 is 10.6 Å². The molecule has 2 rings (SSSR count). The number of oxime groups is 1. The highest BCUT2D eigenvalue weighted by Gasteiger charge is 2.31. The Bertz CT molecular complexity index is 493. The van der Waals surface area contributed by atoms with Gasteiger partial charge in [0.15, 0.2) is 5.84 Å². The maximum atomic E-state index is 9.48. The lowest BCUT2D eigenvalue weighted by Gasteiger charge is -2.28. The molecule has 1 aliphatic heterocycles. The normalized spacial score (nSPS) is 23.9. The standard InChI is InChI=1S/C13H18ClN3O2/c1-8-4-5-17(12(8)7-18)11-3-2-9(6-10(11)14)13(15)16-19/h2-3,6,8,12,18-19H,4-5,7H2,1H3,(H2,15,16). The van der Waals surface area contributed by atoms with Gasteiger partial charge in [-0.25, -0.2) is 0 Å². The molecule has 1 aliphatic rings. The van der Waals surface area contributed by atoms with Gasteiger partial charge in [-0.15, -0.1) is 0 Å². The molecule has 0 aliphatic carbocycles. The van der Waals surface area contributed by atoms with Gasteiger partial charge >= 0.3 is 0 Å². The van der Waals surface area contributed by atoms with Crippen molar-refractivity contribution in [1.82, 2.24) is 0 Å². The fourth-order valence-corrected chi connectivity index (χ4v) is 2.83. The summed E-state index contributed by atoms with van der Waals surface area (Å²) in [5.41, 5.74) is 6.98. The second-order valence-corrected chi connectivity index (χ2v) is 5.27. The predicted molar refractivity (Wildman–Crippen MR) is 76.0 cm³/mol. The van der Waals surface area contributed by atoms with Crippen LogP contribution in [0, 0.1) is 5.92 Å². The molecule has 0 bridgehead atoms. The van der Waals surface area contributed by atoms with E-state index in [-0.39, 0.29) is 18.5 Å². The van der Waals surface area contributed by atoms with Gasteiger partial charge in [0.05, 0.1) is 23.4 Å². The van der Waals surface area contributed by atoms with Crippen LogP contribution >= 0.6 is 11.6 Å². The molecule has 1 aromatic carbocycles. The third-order valence-corrected chi connectivity index (χ3v) is 4.03. The lowest BCUT2D eigenvalue weighted by Crippen LogP contribution is -2.35. The van der Waals surface area contributed by atoms with E-state index in [0.29, 0.717) is 16.5 Å². The molecule has 104 valence electrons. The van der Waals surface area contributed by atoms with E-state index in [0.717, 1.165) is 18.7 Å². The number of benzene rings is 1. The Morgan fingerprint density at radius 2 is 2.32 bits per heavy atom. The third-order valence-electron chi connectivity index (χ3n) is 3.73. The molecule has 2 atom stereocenters. The average molecular weight is 284 g/mol. The lowest BCUT2D eigenvalue weighted by molar-refractivity contribution is 0.245. The molecule has 6 heteroatoms. The minimum atomic E-state index is 0.0296. The molecule has 1 heterocycles. The first kappa shape index (κ1) is 14.0. The van der Waals surface area contributed by atoms with Crippen LogP contribution in [0.1, 0.15) is 18.9 Å². The minimum Gasteiger partial charge on any atom is -0.409 e. The Hall–Kier alpha value is -1.46. The number of hydrogen-bond acceptors (Lipinski definition) is 4. The number of amidine groups is 1. The molecule has 0 radical (unpaired) electrons. The van der Waals surface area contributed by atoms with Crippen LogP contribution in [0.5, 0.6) is 0 Å². The number of nitrogens with zero attached hydrogens (tertiary/aromatic N) is 2. The Labute approximate surface area is 117 Å². The van der Waals surface area contributed by atoms with Crippen LogP contribution in [0.15, 0.2) is 23.4 Å². The van der Waals surface area contributed by atoms with E-state index < -0.39 is 0 Å². The molecule has 1 fully saturated rings. The maximum Gasteiger partial charge on any atom is 0.170 e. The highest BCUT2D eigenvalue weighted by Crippen LogP contribution is 2.34. The Kier molecular flexibility index (Phi) is 4.17. The first-order chi connectivity index (χ1) is 9.08. The van der Waals surface area contributed by atoms with Gasteiger partial charge < -0.3 is 20.9 Å². The van der Waals surface area contributed by atoms with Crippen LogP contribution in [-0.4, -0.2) is 35.3 Å². The molecule has 0 spiro atoms. The summed E-state index contributed by atoms with van der Waals surface area (Å²) in [6.07, 6.45) is 1.03. The summed E-state index contributed by atoms with van der Waals surface area (Å²) in [7, 11) is 0. The van der Waals surface area contributed by atoms with E-state index in [4.69, 9.17) is 22.5 Å². The van der Waals surface area contributed by atoms with E-state index in [1.807, 2.05) is 6.07 Å². The number of anilines is 1. The van der Waals surface area contributed by atoms with Gasteiger partial charge in [-0.2, -0.15) is 0 Å². The molecule has 0 aromatic heterocycles. The van der Waals surface area contributed by atoms with Crippen molar-refractivity contribution in [3.8, 4) is 0 Å². The van der Waals surface area contributed by atoms with Crippen molar-refractivity contribution < 1.29 is 10.3 Å². The number of aliphatic hydroxyl groups is 1. The van der Waals surface area contributed by atoms with Gasteiger partial charge in [-0.05, 0) is 30.5 Å². The summed E-state index contributed by atoms with van der Waals surface area (Å²) in [6, 6.07) is 5.36. The SMILES string of the molecule is CC1CCN(c2ccc(/C(N)=N/O)cc2Cl)C1CO. The Morgan fingerprint density at radius 3 is 2.89 bits per heavy atom. The van der Waals surface area contributed by atoms with E-state index in [1.165, 1.54) is 0 Å². The van der Waals surface area contributed by atoms with Crippen molar-refractivity contribution in [2.24, 2.45) is 16.8 Å². The quantitative estimate of drug-likeness (QED) is 0.341. The summed E-state index contributed by atoms with van der Waals surface area (Å²) < 4.78 is 0. The topological polar surface area (TPSA) is 82.1 Å². The van der Waals surface area contributed by atoms with Gasteiger partial charge in [-0.1, -0.05) is 23.7 Å². The van der Waals surface area contributed by atoms with Gasteiger partial charge in [0, 0.05) is 12.1 Å². The van der Waals surface area contributed by atoms with Crippen LogP contribution in [0.4, 0.5) is 5.69 Å². The van der Waals surface area contributed by atoms with Crippen molar-refractivity contribution in [3.63, 3.8) is 0 Å². The van der Waals surface area contributed by atoms with Crippen molar-refractivity contribution in [2.45, 2.75) is 19.4 Å². The zero-order valence-corrected chi connectivity index (χ0v) is 11.5. The first-order valence-electron chi connectivity index (χ1n) is 6.23. The second-order valence-electron chi connectivity index (χ2n) is 4.86. The van der Waals surface area contributed by atoms with Crippen LogP contribution in [0.2, 0.25) is 5.02 Å². The average Bonchev–Trinajstić information content (AvgIpc) is 2.78. The molecule has 1 saturated heterocycles. The predicted octanol–water partition coefficient (Wildman–Crippen LogP) is 1.64. The molecule has 5 nitrogen and oxygen atoms in total. The van der Waals surface area contributed by atoms with Gasteiger partial charge in [-0.3, -0.25) is 0 Å². The summed E-state index contributed by atoms with van der Waals surface area (Å²) in [4.78, 5) is 2.11. The molecule has 4 N–H and O–H groups in total. The molecule has 2 unspecified atom stereocenters. The smallest absolute Gasteiger partial charge is 0.170 e. The van der Waals surface area contributed by atoms with Crippen LogP contribution in [0.3, 0.4) is 0 Å². The molecule has 19 heavy (non-hydrogen) atoms. The van der Waals surface area contributed by atoms with E-state index in [2.05, 4.69) is 17.0 Å². The number of halogens is 1. The van der Waals surface area contributed by atoms with E-state index >= 15 is 0 Å². The second kappa shape index (κ2) is 5.67. The number of aliphatic hydroxyl groups excluding tert-OH is 1. The third kappa shape index (κ3) is 2.62. The Balaban J connectivity index is 2.31. The highest BCUT2D eigenvalue weighted by molar-refractivity contribution is 6.33. The zero-order valence-electron chi connectivity index (χ0n) is 10.8. The largest absolute Gasteiger partial charge is 0.409 e. The fourth-order valence-electron chi connectivity index (χ4n) is 2.54. The number of nitrogens with two attached hydrogens (primary N) is 1. The monoisotopic (exact) mass is 283 g/mol. The van der Waals surface area contributed by atoms with Gasteiger partial charge in [0.1, 0.15) is 0 Å². The van der Waals surface area contributed by atoms with Crippen LogP contribution in [-0.2, 0) is 0 Å². The van der Waals surface area contributed by atoms with Crippen LogP contribution in [0.25, 0.3) is 0 Å². The summed E-state index contributed by atoms with van der Waals surface area (Å²) >= 11 is 6.26. The first-order valence-corrected chi connectivity index (χ1v) is 6.61. The van der Waals surface area contributed by atoms with Crippen molar-refractivity contribution in [2.75, 3.05) is 18.1 Å². The molecule has 0 amide bonds. The fraction of sp³-hybridized carbons (Fsp3) is 0.462. The highest BCUT2D eigenvalue weighted by atomic mass is 35.5. The van der Waals surface area contributed by atoms with Gasteiger partial charge in [0.2, 0.25) is 0 Å². The van der Waals surface area contributed by atoms with Crippen molar-refractivity contribution in [3.05, 3.63) is 28.8 Å². The molecule has 0 saturated carbocycles. The van der Waals surface area contributed by atoms with E-state index in [1.54, 1.807) is 12.1 Å². The summed E-state index contributed by atoms with van der Waals surface area (Å²) in [5, 5.41) is 21.6. The molecular weight excluding hydrogens is 266 g/mol. The minimum absolute atomic E-state index is 0.0296. The Morgan fingerprint density at radius 1 is 1.58 bits per heavy atom. The summed E-state index contributed by atoms with van der Waals surface area (Å²) in [5.74, 6) is 0.465. The zero-order chi connectivity index (χ0) is 14.0. The molecular formula is C13H18ClN3O2. The number of rotatable bonds is 3. The van der Waals surface area contributed by atoms with Crippen molar-refractivity contribution >= 4 is 23.1 Å². The lowest BCUT2D eigenvalue weighted by atomic mass is 10.0. The van der Waals surface area contributed by atoms with Gasteiger partial charge in [0.25, 0.3) is 0 Å². The molecule has 1 aromatic rings. The maximum absolute atomic E-state index is 9.48. The summed E-state index contributed by atoms with van der Waals surface area (Å²) in [6.45, 7) is 3.11. The van der Waals surface area contributed by atoms with E-state index in [9.17, 15) is 5.11 Å². The number of hydrogen-bond donors (Lipinski definition) is 3. The van der Waals surface area contributed by atoms with Crippen molar-refractivity contribution in [1.29, 1.82) is 0 Å².